The van der Waals surface area contributed by atoms with Gasteiger partial charge in [-0.15, -0.1) is 0 Å². The lowest BCUT2D eigenvalue weighted by Gasteiger charge is -2.12. The summed E-state index contributed by atoms with van der Waals surface area (Å²) in [4.78, 5) is 13.5. The van der Waals surface area contributed by atoms with Crippen molar-refractivity contribution >= 4 is 5.91 Å². The first kappa shape index (κ1) is 16.2. The minimum atomic E-state index is -0.0225. The van der Waals surface area contributed by atoms with Crippen LogP contribution in [0, 0.1) is 0 Å². The summed E-state index contributed by atoms with van der Waals surface area (Å²) < 4.78 is 0. The van der Waals surface area contributed by atoms with Crippen molar-refractivity contribution in [1.82, 2.24) is 25.6 Å². The van der Waals surface area contributed by atoms with Crippen LogP contribution in [0.5, 0.6) is 0 Å². The molecule has 6 heteroatoms. The van der Waals surface area contributed by atoms with Gasteiger partial charge in [-0.1, -0.05) is 19.1 Å². The van der Waals surface area contributed by atoms with E-state index in [4.69, 9.17) is 0 Å². The Labute approximate surface area is 130 Å². The normalized spacial score (nSPS) is 12.1. The molecule has 2 rings (SSSR count). The van der Waals surface area contributed by atoms with Crippen LogP contribution in [0.15, 0.2) is 30.5 Å². The molecule has 2 aromatic rings. The van der Waals surface area contributed by atoms with Gasteiger partial charge in [-0.3, -0.25) is 4.79 Å². The van der Waals surface area contributed by atoms with Crippen LogP contribution >= 0.6 is 0 Å². The molecule has 1 heterocycles. The number of aryl methyl sites for hydroxylation is 1. The highest BCUT2D eigenvalue weighted by molar-refractivity contribution is 5.94. The molecule has 0 bridgehead atoms. The number of carbonyl (C=O) groups excluding carboxylic acids is 1. The Hall–Kier alpha value is -2.21. The zero-order valence-corrected chi connectivity index (χ0v) is 13.3. The largest absolute Gasteiger partial charge is 0.352 e. The van der Waals surface area contributed by atoms with Gasteiger partial charge in [0.1, 0.15) is 0 Å². The number of amides is 1. The topological polar surface area (TPSA) is 71.8 Å². The minimum absolute atomic E-state index is 0.0225. The zero-order chi connectivity index (χ0) is 15.9. The van der Waals surface area contributed by atoms with Crippen LogP contribution in [-0.2, 0) is 13.6 Å². The first-order chi connectivity index (χ1) is 10.6. The van der Waals surface area contributed by atoms with Crippen molar-refractivity contribution in [3.8, 4) is 0 Å². The van der Waals surface area contributed by atoms with Crippen LogP contribution in [0.4, 0.5) is 0 Å². The van der Waals surface area contributed by atoms with Gasteiger partial charge in [0.2, 0.25) is 0 Å². The monoisotopic (exact) mass is 301 g/mol. The van der Waals surface area contributed by atoms with Crippen LogP contribution in [0.3, 0.4) is 0 Å². The summed E-state index contributed by atoms with van der Waals surface area (Å²) in [5.74, 6) is -0.0225. The van der Waals surface area contributed by atoms with E-state index in [-0.39, 0.29) is 11.9 Å². The van der Waals surface area contributed by atoms with Gasteiger partial charge >= 0.3 is 0 Å². The van der Waals surface area contributed by atoms with Crippen LogP contribution in [0.25, 0.3) is 0 Å². The van der Waals surface area contributed by atoms with Crippen molar-refractivity contribution in [1.29, 1.82) is 0 Å². The van der Waals surface area contributed by atoms with E-state index in [2.05, 4.69) is 20.8 Å². The van der Waals surface area contributed by atoms with Crippen LogP contribution in [0.2, 0.25) is 0 Å². The molecule has 0 saturated heterocycles. The fraction of sp³-hybridized carbons (Fsp3) is 0.438. The highest BCUT2D eigenvalue weighted by Gasteiger charge is 2.09. The number of nitrogens with zero attached hydrogens (tertiary/aromatic N) is 3. The molecule has 1 aromatic carbocycles. The molecule has 1 unspecified atom stereocenters. The lowest BCUT2D eigenvalue weighted by atomic mass is 10.1. The maximum atomic E-state index is 12.0. The molecule has 22 heavy (non-hydrogen) atoms. The van der Waals surface area contributed by atoms with Crippen molar-refractivity contribution in [2.45, 2.75) is 32.9 Å². The van der Waals surface area contributed by atoms with Gasteiger partial charge in [0.15, 0.2) is 0 Å². The molecule has 0 aliphatic carbocycles. The highest BCUT2D eigenvalue weighted by Crippen LogP contribution is 2.10. The molecule has 0 aliphatic heterocycles. The Morgan fingerprint density at radius 2 is 2.23 bits per heavy atom. The van der Waals surface area contributed by atoms with Crippen molar-refractivity contribution in [2.24, 2.45) is 7.05 Å². The molecule has 1 amide bonds. The maximum absolute atomic E-state index is 12.0. The smallest absolute Gasteiger partial charge is 0.251 e. The van der Waals surface area contributed by atoms with E-state index >= 15 is 0 Å². The second kappa shape index (κ2) is 7.70. The van der Waals surface area contributed by atoms with Gasteiger partial charge in [0.05, 0.1) is 17.9 Å². The number of nitrogens with one attached hydrogen (secondary N) is 2. The Morgan fingerprint density at radius 3 is 2.91 bits per heavy atom. The van der Waals surface area contributed by atoms with Crippen molar-refractivity contribution in [2.75, 3.05) is 6.54 Å². The van der Waals surface area contributed by atoms with E-state index in [1.165, 1.54) is 0 Å². The Balaban J connectivity index is 1.94. The van der Waals surface area contributed by atoms with Crippen molar-refractivity contribution in [3.63, 3.8) is 0 Å². The second-order valence-corrected chi connectivity index (χ2v) is 5.32. The zero-order valence-electron chi connectivity index (χ0n) is 13.3. The van der Waals surface area contributed by atoms with Crippen LogP contribution < -0.4 is 10.6 Å². The third kappa shape index (κ3) is 4.39. The number of hydrogen-bond donors (Lipinski definition) is 2. The van der Waals surface area contributed by atoms with E-state index < -0.39 is 0 Å². The van der Waals surface area contributed by atoms with Crippen molar-refractivity contribution in [3.05, 3.63) is 47.3 Å². The predicted molar refractivity (Wildman–Crippen MR) is 85.3 cm³/mol. The van der Waals surface area contributed by atoms with Gasteiger partial charge in [-0.25, -0.2) is 0 Å². The predicted octanol–water partition coefficient (Wildman–Crippen LogP) is 1.81. The molecular formula is C16H23N5O. The maximum Gasteiger partial charge on any atom is 0.251 e. The summed E-state index contributed by atoms with van der Waals surface area (Å²) in [5.41, 5.74) is 2.67. The molecule has 0 spiro atoms. The average molecular weight is 301 g/mol. The quantitative estimate of drug-likeness (QED) is 0.818. The summed E-state index contributed by atoms with van der Waals surface area (Å²) in [7, 11) is 1.80. The number of aromatic nitrogens is 3. The summed E-state index contributed by atoms with van der Waals surface area (Å²) in [6.07, 6.45) is 2.69. The van der Waals surface area contributed by atoms with Gasteiger partial charge in [-0.2, -0.15) is 15.0 Å². The van der Waals surface area contributed by atoms with Crippen LogP contribution in [-0.4, -0.2) is 27.4 Å². The molecular weight excluding hydrogens is 278 g/mol. The summed E-state index contributed by atoms with van der Waals surface area (Å²) in [6, 6.07) is 7.77. The Morgan fingerprint density at radius 1 is 1.41 bits per heavy atom. The summed E-state index contributed by atoms with van der Waals surface area (Å²) in [6.45, 7) is 5.45. The minimum Gasteiger partial charge on any atom is -0.352 e. The second-order valence-electron chi connectivity index (χ2n) is 5.32. The molecule has 0 radical (unpaired) electrons. The number of carbonyl (C=O) groups is 1. The summed E-state index contributed by atoms with van der Waals surface area (Å²) in [5, 5.41) is 14.6. The standard InChI is InChI=1S/C16H23N5O/c1-4-8-17-16(22)14-7-5-6-13(9-14)10-18-12(2)15-11-19-21(3)20-15/h5-7,9,11-12,18H,4,8,10H2,1-3H3,(H,17,22). The highest BCUT2D eigenvalue weighted by atomic mass is 16.1. The van der Waals surface area contributed by atoms with E-state index in [9.17, 15) is 4.79 Å². The molecule has 0 aliphatic rings. The fourth-order valence-corrected chi connectivity index (χ4v) is 2.10. The van der Waals surface area contributed by atoms with Crippen LogP contribution in [0.1, 0.15) is 47.9 Å². The Bertz CT molecular complexity index is 623. The Kier molecular flexibility index (Phi) is 5.66. The fourth-order valence-electron chi connectivity index (χ4n) is 2.10. The van der Waals surface area contributed by atoms with E-state index in [1.807, 2.05) is 38.1 Å². The third-order valence-electron chi connectivity index (χ3n) is 3.40. The molecule has 1 atom stereocenters. The van der Waals surface area contributed by atoms with Gasteiger partial charge in [0.25, 0.3) is 5.91 Å². The lowest BCUT2D eigenvalue weighted by molar-refractivity contribution is 0.0953. The van der Waals surface area contributed by atoms with Crippen molar-refractivity contribution < 1.29 is 4.79 Å². The molecule has 2 N–H and O–H groups in total. The first-order valence-electron chi connectivity index (χ1n) is 7.57. The molecule has 6 nitrogen and oxygen atoms in total. The molecule has 118 valence electrons. The number of rotatable bonds is 7. The average Bonchev–Trinajstić information content (AvgIpc) is 2.97. The first-order valence-corrected chi connectivity index (χ1v) is 7.57. The molecule has 1 aromatic heterocycles. The molecule has 0 saturated carbocycles. The number of hydrogen-bond acceptors (Lipinski definition) is 4. The van der Waals surface area contributed by atoms with E-state index in [1.54, 1.807) is 18.0 Å². The third-order valence-corrected chi connectivity index (χ3v) is 3.40. The lowest BCUT2D eigenvalue weighted by Crippen LogP contribution is -2.24. The molecule has 0 fully saturated rings. The number of benzene rings is 1. The van der Waals surface area contributed by atoms with E-state index in [0.29, 0.717) is 18.7 Å². The van der Waals surface area contributed by atoms with E-state index in [0.717, 1.165) is 17.7 Å². The van der Waals surface area contributed by atoms with Gasteiger partial charge < -0.3 is 10.6 Å². The SMILES string of the molecule is CCCNC(=O)c1cccc(CNC(C)c2cnn(C)n2)c1. The van der Waals surface area contributed by atoms with Gasteiger partial charge in [-0.05, 0) is 31.0 Å². The summed E-state index contributed by atoms with van der Waals surface area (Å²) >= 11 is 0. The van der Waals surface area contributed by atoms with Gasteiger partial charge in [0, 0.05) is 25.7 Å².